The molecular formula is C13H15F3N4OS. The Balaban J connectivity index is 2.12. The van der Waals surface area contributed by atoms with Crippen LogP contribution < -0.4 is 5.32 Å². The molecule has 0 saturated carbocycles. The Bertz CT molecular complexity index is 671. The number of aromatic nitrogens is 3. The predicted octanol–water partition coefficient (Wildman–Crippen LogP) is 2.36. The predicted molar refractivity (Wildman–Crippen MR) is 77.4 cm³/mol. The third kappa shape index (κ3) is 3.70. The van der Waals surface area contributed by atoms with Gasteiger partial charge in [-0.2, -0.15) is 24.9 Å². The lowest BCUT2D eigenvalue weighted by molar-refractivity contribution is -0.137. The molecule has 0 aliphatic carbocycles. The standard InChI is InChI=1S/C13H15F3N4OS/c1-8(7-22-2)12(21)17-6-11-19-18-10-5-9(13(14,15)16)3-4-20(10)11/h3-5,8H,6-7H2,1-2H3,(H,17,21). The van der Waals surface area contributed by atoms with Crippen molar-refractivity contribution in [1.82, 2.24) is 19.9 Å². The van der Waals surface area contributed by atoms with E-state index in [1.54, 1.807) is 11.8 Å². The Kier molecular flexibility index (Phi) is 4.94. The van der Waals surface area contributed by atoms with Crippen LogP contribution in [0, 0.1) is 5.92 Å². The van der Waals surface area contributed by atoms with E-state index in [4.69, 9.17) is 0 Å². The van der Waals surface area contributed by atoms with E-state index in [0.717, 1.165) is 12.1 Å². The number of rotatable bonds is 5. The van der Waals surface area contributed by atoms with E-state index >= 15 is 0 Å². The number of amides is 1. The minimum atomic E-state index is -4.42. The number of nitrogens with one attached hydrogen (secondary N) is 1. The number of thioether (sulfide) groups is 1. The summed E-state index contributed by atoms with van der Waals surface area (Å²) in [4.78, 5) is 11.8. The summed E-state index contributed by atoms with van der Waals surface area (Å²) in [7, 11) is 0. The lowest BCUT2D eigenvalue weighted by atomic mass is 10.2. The number of halogens is 3. The van der Waals surface area contributed by atoms with Gasteiger partial charge in [0.15, 0.2) is 11.5 Å². The molecule has 1 atom stereocenters. The molecule has 2 rings (SSSR count). The zero-order valence-electron chi connectivity index (χ0n) is 12.0. The van der Waals surface area contributed by atoms with Crippen LogP contribution in [0.4, 0.5) is 13.2 Å². The number of fused-ring (bicyclic) bond motifs is 1. The summed E-state index contributed by atoms with van der Waals surface area (Å²) >= 11 is 1.57. The van der Waals surface area contributed by atoms with Gasteiger partial charge in [-0.25, -0.2) is 0 Å². The Hall–Kier alpha value is -1.77. The Morgan fingerprint density at radius 1 is 1.45 bits per heavy atom. The first-order valence-electron chi connectivity index (χ1n) is 6.50. The van der Waals surface area contributed by atoms with Crippen molar-refractivity contribution in [3.8, 4) is 0 Å². The highest BCUT2D eigenvalue weighted by atomic mass is 32.2. The molecule has 1 unspecified atom stereocenters. The normalized spacial score (nSPS) is 13.3. The van der Waals surface area contributed by atoms with Gasteiger partial charge in [0.2, 0.25) is 5.91 Å². The average molecular weight is 332 g/mol. The number of hydrogen-bond acceptors (Lipinski definition) is 4. The summed E-state index contributed by atoms with van der Waals surface area (Å²) in [5.41, 5.74) is -0.687. The van der Waals surface area contributed by atoms with E-state index in [1.165, 1.54) is 10.6 Å². The van der Waals surface area contributed by atoms with Crippen molar-refractivity contribution in [2.45, 2.75) is 19.6 Å². The van der Waals surface area contributed by atoms with Crippen molar-refractivity contribution >= 4 is 23.3 Å². The molecule has 5 nitrogen and oxygen atoms in total. The highest BCUT2D eigenvalue weighted by molar-refractivity contribution is 7.98. The van der Waals surface area contributed by atoms with Crippen LogP contribution in [-0.2, 0) is 17.5 Å². The van der Waals surface area contributed by atoms with E-state index in [0.29, 0.717) is 11.6 Å². The van der Waals surface area contributed by atoms with Crippen LogP contribution in [0.3, 0.4) is 0 Å². The van der Waals surface area contributed by atoms with E-state index in [9.17, 15) is 18.0 Å². The minimum Gasteiger partial charge on any atom is -0.349 e. The van der Waals surface area contributed by atoms with Crippen LogP contribution in [-0.4, -0.2) is 32.5 Å². The van der Waals surface area contributed by atoms with Crippen LogP contribution in [0.15, 0.2) is 18.3 Å². The number of pyridine rings is 1. The number of alkyl halides is 3. The molecule has 9 heteroatoms. The van der Waals surface area contributed by atoms with Crippen molar-refractivity contribution in [3.63, 3.8) is 0 Å². The maximum atomic E-state index is 12.6. The van der Waals surface area contributed by atoms with Gasteiger partial charge in [0.25, 0.3) is 0 Å². The summed E-state index contributed by atoms with van der Waals surface area (Å²) in [6.07, 6.45) is -1.26. The van der Waals surface area contributed by atoms with E-state index in [2.05, 4.69) is 15.5 Å². The van der Waals surface area contributed by atoms with Crippen molar-refractivity contribution in [2.75, 3.05) is 12.0 Å². The third-order valence-corrected chi connectivity index (χ3v) is 3.93. The summed E-state index contributed by atoms with van der Waals surface area (Å²) in [6.45, 7) is 1.92. The Morgan fingerprint density at radius 3 is 2.82 bits per heavy atom. The van der Waals surface area contributed by atoms with Crippen molar-refractivity contribution < 1.29 is 18.0 Å². The zero-order valence-corrected chi connectivity index (χ0v) is 12.8. The summed E-state index contributed by atoms with van der Waals surface area (Å²) in [6, 6.07) is 1.88. The highest BCUT2D eigenvalue weighted by Gasteiger charge is 2.31. The molecule has 0 fully saturated rings. The molecule has 0 radical (unpaired) electrons. The maximum Gasteiger partial charge on any atom is 0.416 e. The van der Waals surface area contributed by atoms with Gasteiger partial charge in [-0.3, -0.25) is 9.20 Å². The molecule has 22 heavy (non-hydrogen) atoms. The molecule has 0 spiro atoms. The van der Waals surface area contributed by atoms with Gasteiger partial charge < -0.3 is 5.32 Å². The fourth-order valence-electron chi connectivity index (χ4n) is 1.90. The van der Waals surface area contributed by atoms with Gasteiger partial charge in [-0.1, -0.05) is 6.92 Å². The monoisotopic (exact) mass is 332 g/mol. The van der Waals surface area contributed by atoms with Crippen LogP contribution in [0.1, 0.15) is 18.3 Å². The molecule has 1 N–H and O–H groups in total. The molecular weight excluding hydrogens is 317 g/mol. The second-order valence-electron chi connectivity index (χ2n) is 4.83. The molecule has 0 aromatic carbocycles. The molecule has 0 bridgehead atoms. The molecule has 2 heterocycles. The molecule has 0 aliphatic rings. The first-order valence-corrected chi connectivity index (χ1v) is 7.90. The number of carbonyl (C=O) groups excluding carboxylic acids is 1. The fraction of sp³-hybridized carbons (Fsp3) is 0.462. The van der Waals surface area contributed by atoms with Crippen LogP contribution >= 0.6 is 11.8 Å². The van der Waals surface area contributed by atoms with Gasteiger partial charge in [-0.15, -0.1) is 10.2 Å². The van der Waals surface area contributed by atoms with Crippen LogP contribution in [0.25, 0.3) is 5.65 Å². The average Bonchev–Trinajstić information content (AvgIpc) is 2.86. The molecule has 0 aliphatic heterocycles. The second kappa shape index (κ2) is 6.55. The Morgan fingerprint density at radius 2 is 2.18 bits per heavy atom. The first-order chi connectivity index (χ1) is 10.3. The molecule has 1 amide bonds. The lowest BCUT2D eigenvalue weighted by Crippen LogP contribution is -2.30. The summed E-state index contributed by atoms with van der Waals surface area (Å²) in [5, 5.41) is 10.2. The summed E-state index contributed by atoms with van der Waals surface area (Å²) in [5.74, 6) is 0.805. The quantitative estimate of drug-likeness (QED) is 0.913. The van der Waals surface area contributed by atoms with Gasteiger partial charge in [0.05, 0.1) is 12.1 Å². The van der Waals surface area contributed by atoms with Crippen molar-refractivity contribution in [3.05, 3.63) is 29.7 Å². The smallest absolute Gasteiger partial charge is 0.349 e. The molecule has 120 valence electrons. The van der Waals surface area contributed by atoms with Gasteiger partial charge >= 0.3 is 6.18 Å². The summed E-state index contributed by atoms with van der Waals surface area (Å²) < 4.78 is 39.3. The van der Waals surface area contributed by atoms with E-state index in [1.807, 2.05) is 13.2 Å². The zero-order chi connectivity index (χ0) is 16.3. The highest BCUT2D eigenvalue weighted by Crippen LogP contribution is 2.29. The SMILES string of the molecule is CSCC(C)C(=O)NCc1nnc2cc(C(F)(F)F)ccn12. The van der Waals surface area contributed by atoms with Crippen LogP contribution in [0.5, 0.6) is 0 Å². The van der Waals surface area contributed by atoms with Crippen LogP contribution in [0.2, 0.25) is 0 Å². The Labute approximate surface area is 129 Å². The first kappa shape index (κ1) is 16.6. The van der Waals surface area contributed by atoms with Gasteiger partial charge in [0.1, 0.15) is 0 Å². The van der Waals surface area contributed by atoms with E-state index < -0.39 is 11.7 Å². The fourth-order valence-corrected chi connectivity index (χ4v) is 2.55. The van der Waals surface area contributed by atoms with E-state index in [-0.39, 0.29) is 24.0 Å². The topological polar surface area (TPSA) is 59.3 Å². The molecule has 0 saturated heterocycles. The third-order valence-electron chi connectivity index (χ3n) is 3.09. The van der Waals surface area contributed by atoms with Crippen molar-refractivity contribution in [2.24, 2.45) is 5.92 Å². The minimum absolute atomic E-state index is 0.0937. The van der Waals surface area contributed by atoms with Gasteiger partial charge in [0, 0.05) is 17.9 Å². The number of hydrogen-bond donors (Lipinski definition) is 1. The molecule has 2 aromatic rings. The maximum absolute atomic E-state index is 12.6. The number of nitrogens with zero attached hydrogens (tertiary/aromatic N) is 3. The second-order valence-corrected chi connectivity index (χ2v) is 5.74. The lowest BCUT2D eigenvalue weighted by Gasteiger charge is -2.10. The molecule has 2 aromatic heterocycles. The number of carbonyl (C=O) groups is 1. The largest absolute Gasteiger partial charge is 0.416 e. The van der Waals surface area contributed by atoms with Crippen molar-refractivity contribution in [1.29, 1.82) is 0 Å². The van der Waals surface area contributed by atoms with Gasteiger partial charge in [-0.05, 0) is 18.4 Å².